The molecule has 2 atom stereocenters. The molecule has 0 aromatic heterocycles. The van der Waals surface area contributed by atoms with Crippen molar-refractivity contribution in [1.29, 1.82) is 0 Å². The maximum Gasteiger partial charge on any atom is 0.119 e. The fourth-order valence-electron chi connectivity index (χ4n) is 2.49. The number of nitrogens with zero attached hydrogens (tertiary/aromatic N) is 2. The van der Waals surface area contributed by atoms with Crippen LogP contribution in [-0.4, -0.2) is 30.4 Å². The highest BCUT2D eigenvalue weighted by atomic mass is 16.5. The lowest BCUT2D eigenvalue weighted by Crippen LogP contribution is -2.39. The van der Waals surface area contributed by atoms with Crippen LogP contribution in [0.2, 0.25) is 0 Å². The Kier molecular flexibility index (Phi) is 4.24. The topological polar surface area (TPSA) is 24.8 Å². The second-order valence-corrected chi connectivity index (χ2v) is 5.03. The third kappa shape index (κ3) is 3.03. The molecule has 98 valence electrons. The molecule has 18 heavy (non-hydrogen) atoms. The molecule has 2 unspecified atom stereocenters. The van der Waals surface area contributed by atoms with E-state index < -0.39 is 0 Å². The molecule has 2 rings (SSSR count). The molecule has 0 aliphatic carbocycles. The molecule has 1 saturated heterocycles. The van der Waals surface area contributed by atoms with Crippen molar-refractivity contribution in [1.82, 2.24) is 5.01 Å². The summed E-state index contributed by atoms with van der Waals surface area (Å²) in [5.74, 6) is 0.874. The quantitative estimate of drug-likeness (QED) is 0.764. The van der Waals surface area contributed by atoms with Gasteiger partial charge in [-0.1, -0.05) is 12.1 Å². The molecule has 0 bridgehead atoms. The zero-order valence-electron chi connectivity index (χ0n) is 11.5. The molecule has 0 N–H and O–H groups in total. The Morgan fingerprint density at radius 2 is 2.00 bits per heavy atom. The lowest BCUT2D eigenvalue weighted by Gasteiger charge is -2.36. The van der Waals surface area contributed by atoms with Gasteiger partial charge in [-0.15, -0.1) is 0 Å². The first kappa shape index (κ1) is 12.9. The Bertz CT molecular complexity index is 407. The maximum absolute atomic E-state index is 5.21. The Labute approximate surface area is 109 Å². The van der Waals surface area contributed by atoms with Crippen LogP contribution in [0.15, 0.2) is 29.4 Å². The van der Waals surface area contributed by atoms with Gasteiger partial charge in [0.25, 0.3) is 0 Å². The summed E-state index contributed by atoms with van der Waals surface area (Å²) < 4.78 is 5.21. The first-order valence-corrected chi connectivity index (χ1v) is 6.67. The number of hydrazone groups is 1. The standard InChI is InChI=1S/C15H22N2O/c1-12-6-4-7-13(2)17(12)16-11-14-8-5-9-15(10-14)18-3/h5,8-13H,4,6-7H2,1-3H3. The average Bonchev–Trinajstić information content (AvgIpc) is 2.38. The van der Waals surface area contributed by atoms with Crippen LogP contribution < -0.4 is 4.74 Å². The number of piperidine rings is 1. The van der Waals surface area contributed by atoms with Crippen LogP contribution in [0.4, 0.5) is 0 Å². The number of benzene rings is 1. The third-order valence-electron chi connectivity index (χ3n) is 3.58. The van der Waals surface area contributed by atoms with E-state index in [1.807, 2.05) is 30.5 Å². The van der Waals surface area contributed by atoms with E-state index in [1.165, 1.54) is 19.3 Å². The second kappa shape index (κ2) is 5.89. The predicted octanol–water partition coefficient (Wildman–Crippen LogP) is 3.29. The van der Waals surface area contributed by atoms with Crippen molar-refractivity contribution >= 4 is 6.21 Å². The molecule has 0 spiro atoms. The Balaban J connectivity index is 2.08. The summed E-state index contributed by atoms with van der Waals surface area (Å²) in [6.07, 6.45) is 5.72. The number of ether oxygens (including phenoxy) is 1. The van der Waals surface area contributed by atoms with E-state index >= 15 is 0 Å². The molecule has 3 heteroatoms. The van der Waals surface area contributed by atoms with E-state index in [0.717, 1.165) is 11.3 Å². The summed E-state index contributed by atoms with van der Waals surface area (Å²) >= 11 is 0. The van der Waals surface area contributed by atoms with Gasteiger partial charge in [-0.3, -0.25) is 5.01 Å². The molecule has 1 fully saturated rings. The van der Waals surface area contributed by atoms with Crippen LogP contribution in [0.25, 0.3) is 0 Å². The Hall–Kier alpha value is -1.51. The molecule has 1 aromatic rings. The SMILES string of the molecule is COc1cccc(C=NN2C(C)CCCC2C)c1. The van der Waals surface area contributed by atoms with Gasteiger partial charge in [-0.05, 0) is 50.8 Å². The summed E-state index contributed by atoms with van der Waals surface area (Å²) in [7, 11) is 1.69. The van der Waals surface area contributed by atoms with Gasteiger partial charge in [-0.25, -0.2) is 0 Å². The van der Waals surface area contributed by atoms with Crippen LogP contribution in [0, 0.1) is 0 Å². The molecule has 0 amide bonds. The van der Waals surface area contributed by atoms with Gasteiger partial charge in [0.05, 0.1) is 13.3 Å². The van der Waals surface area contributed by atoms with E-state index in [1.54, 1.807) is 7.11 Å². The van der Waals surface area contributed by atoms with Crippen molar-refractivity contribution in [3.8, 4) is 5.75 Å². The molecule has 1 aromatic carbocycles. The number of rotatable bonds is 3. The molecule has 0 radical (unpaired) electrons. The van der Waals surface area contributed by atoms with E-state index in [2.05, 4.69) is 24.0 Å². The molecular weight excluding hydrogens is 224 g/mol. The minimum atomic E-state index is 0.538. The first-order chi connectivity index (χ1) is 8.70. The summed E-state index contributed by atoms with van der Waals surface area (Å²) in [4.78, 5) is 0. The van der Waals surface area contributed by atoms with Gasteiger partial charge in [0.2, 0.25) is 0 Å². The zero-order chi connectivity index (χ0) is 13.0. The first-order valence-electron chi connectivity index (χ1n) is 6.67. The van der Waals surface area contributed by atoms with E-state index in [-0.39, 0.29) is 0 Å². The third-order valence-corrected chi connectivity index (χ3v) is 3.58. The van der Waals surface area contributed by atoms with Crippen LogP contribution in [0.5, 0.6) is 5.75 Å². The van der Waals surface area contributed by atoms with Gasteiger partial charge in [0.15, 0.2) is 0 Å². The summed E-state index contributed by atoms with van der Waals surface area (Å²) in [6.45, 7) is 4.50. The summed E-state index contributed by atoms with van der Waals surface area (Å²) in [6, 6.07) is 9.06. The minimum Gasteiger partial charge on any atom is -0.497 e. The van der Waals surface area contributed by atoms with Gasteiger partial charge in [-0.2, -0.15) is 5.10 Å². The molecule has 1 aliphatic heterocycles. The van der Waals surface area contributed by atoms with Crippen molar-refractivity contribution in [2.75, 3.05) is 7.11 Å². The highest BCUT2D eigenvalue weighted by Crippen LogP contribution is 2.22. The smallest absolute Gasteiger partial charge is 0.119 e. The molecule has 3 nitrogen and oxygen atoms in total. The predicted molar refractivity (Wildman–Crippen MR) is 75.2 cm³/mol. The van der Waals surface area contributed by atoms with E-state index in [4.69, 9.17) is 4.74 Å². The van der Waals surface area contributed by atoms with Crippen molar-refractivity contribution in [3.05, 3.63) is 29.8 Å². The van der Waals surface area contributed by atoms with Crippen LogP contribution in [0.1, 0.15) is 38.7 Å². The number of hydrogen-bond donors (Lipinski definition) is 0. The number of hydrogen-bond acceptors (Lipinski definition) is 3. The zero-order valence-corrected chi connectivity index (χ0v) is 11.5. The van der Waals surface area contributed by atoms with Crippen LogP contribution >= 0.6 is 0 Å². The fourth-order valence-corrected chi connectivity index (χ4v) is 2.49. The number of methoxy groups -OCH3 is 1. The maximum atomic E-state index is 5.21. The highest BCUT2D eigenvalue weighted by Gasteiger charge is 2.22. The van der Waals surface area contributed by atoms with Crippen LogP contribution in [0.3, 0.4) is 0 Å². The van der Waals surface area contributed by atoms with Crippen molar-refractivity contribution in [3.63, 3.8) is 0 Å². The lowest BCUT2D eigenvalue weighted by atomic mass is 10.00. The van der Waals surface area contributed by atoms with Crippen molar-refractivity contribution in [2.24, 2.45) is 5.10 Å². The molecule has 0 saturated carbocycles. The van der Waals surface area contributed by atoms with Crippen LogP contribution in [-0.2, 0) is 0 Å². The normalized spacial score (nSPS) is 24.5. The van der Waals surface area contributed by atoms with Gasteiger partial charge >= 0.3 is 0 Å². The second-order valence-electron chi connectivity index (χ2n) is 5.03. The van der Waals surface area contributed by atoms with E-state index in [0.29, 0.717) is 12.1 Å². The molecular formula is C15H22N2O. The monoisotopic (exact) mass is 246 g/mol. The fraction of sp³-hybridized carbons (Fsp3) is 0.533. The minimum absolute atomic E-state index is 0.538. The van der Waals surface area contributed by atoms with E-state index in [9.17, 15) is 0 Å². The van der Waals surface area contributed by atoms with Gasteiger partial charge in [0, 0.05) is 12.1 Å². The Morgan fingerprint density at radius 3 is 2.67 bits per heavy atom. The van der Waals surface area contributed by atoms with Gasteiger partial charge < -0.3 is 4.74 Å². The largest absolute Gasteiger partial charge is 0.497 e. The average molecular weight is 246 g/mol. The molecule has 1 heterocycles. The van der Waals surface area contributed by atoms with Crippen molar-refractivity contribution < 1.29 is 4.74 Å². The molecule has 1 aliphatic rings. The summed E-state index contributed by atoms with van der Waals surface area (Å²) in [5, 5.41) is 6.87. The van der Waals surface area contributed by atoms with Crippen molar-refractivity contribution in [2.45, 2.75) is 45.2 Å². The lowest BCUT2D eigenvalue weighted by molar-refractivity contribution is 0.109. The highest BCUT2D eigenvalue weighted by molar-refractivity contribution is 5.80. The van der Waals surface area contributed by atoms with Gasteiger partial charge in [0.1, 0.15) is 5.75 Å². The summed E-state index contributed by atoms with van der Waals surface area (Å²) in [5.41, 5.74) is 1.08. The Morgan fingerprint density at radius 1 is 1.28 bits per heavy atom.